The standard InChI is InChI=1S/C18H14F3N3O3/c19-18(20,21)14-8-6-13(7-9-14)16-23-15(27-24-16)10-22-17(25)26-11-12-4-2-1-3-5-12/h1-9H,10-11H2,(H,22,25). The Balaban J connectivity index is 1.52. The van der Waals surface area contributed by atoms with E-state index in [1.165, 1.54) is 12.1 Å². The van der Waals surface area contributed by atoms with Gasteiger partial charge in [-0.05, 0) is 17.7 Å². The van der Waals surface area contributed by atoms with E-state index in [1.54, 1.807) is 0 Å². The summed E-state index contributed by atoms with van der Waals surface area (Å²) < 4.78 is 47.7. The number of nitrogens with one attached hydrogen (secondary N) is 1. The Morgan fingerprint density at radius 1 is 1.07 bits per heavy atom. The van der Waals surface area contributed by atoms with Crippen molar-refractivity contribution in [2.75, 3.05) is 0 Å². The number of amides is 1. The molecule has 1 amide bonds. The van der Waals surface area contributed by atoms with E-state index in [2.05, 4.69) is 15.5 Å². The fourth-order valence-corrected chi connectivity index (χ4v) is 2.17. The second kappa shape index (κ2) is 7.90. The van der Waals surface area contributed by atoms with Gasteiger partial charge in [0, 0.05) is 5.56 Å². The normalized spacial score (nSPS) is 11.2. The molecule has 0 atom stereocenters. The maximum Gasteiger partial charge on any atom is 0.416 e. The molecule has 140 valence electrons. The smallest absolute Gasteiger partial charge is 0.416 e. The number of halogens is 3. The molecule has 0 saturated heterocycles. The highest BCUT2D eigenvalue weighted by Crippen LogP contribution is 2.30. The number of benzene rings is 2. The summed E-state index contributed by atoms with van der Waals surface area (Å²) in [7, 11) is 0. The van der Waals surface area contributed by atoms with Gasteiger partial charge in [0.25, 0.3) is 0 Å². The Labute approximate surface area is 152 Å². The number of alkyl halides is 3. The summed E-state index contributed by atoms with van der Waals surface area (Å²) in [6.45, 7) is 0.0502. The van der Waals surface area contributed by atoms with Crippen LogP contribution in [0.25, 0.3) is 11.4 Å². The van der Waals surface area contributed by atoms with Crippen molar-refractivity contribution in [2.45, 2.75) is 19.3 Å². The molecule has 0 unspecified atom stereocenters. The fraction of sp³-hybridized carbons (Fsp3) is 0.167. The van der Waals surface area contributed by atoms with Crippen molar-refractivity contribution in [3.8, 4) is 11.4 Å². The number of ether oxygens (including phenoxy) is 1. The third-order valence-corrected chi connectivity index (χ3v) is 3.54. The van der Waals surface area contributed by atoms with Crippen LogP contribution >= 0.6 is 0 Å². The lowest BCUT2D eigenvalue weighted by atomic mass is 10.1. The molecular formula is C18H14F3N3O3. The number of carbonyl (C=O) groups is 1. The molecule has 0 aliphatic rings. The molecule has 0 aliphatic heterocycles. The first-order valence-corrected chi connectivity index (χ1v) is 7.86. The third kappa shape index (κ3) is 5.06. The molecule has 27 heavy (non-hydrogen) atoms. The second-order valence-electron chi connectivity index (χ2n) is 5.50. The Hall–Kier alpha value is -3.36. The van der Waals surface area contributed by atoms with Gasteiger partial charge in [-0.25, -0.2) is 4.79 Å². The van der Waals surface area contributed by atoms with E-state index < -0.39 is 17.8 Å². The number of alkyl carbamates (subject to hydrolysis) is 1. The van der Waals surface area contributed by atoms with Gasteiger partial charge in [0.05, 0.1) is 5.56 Å². The van der Waals surface area contributed by atoms with Gasteiger partial charge in [0.2, 0.25) is 11.7 Å². The average Bonchev–Trinajstić information content (AvgIpc) is 3.14. The molecule has 1 aromatic heterocycles. The summed E-state index contributed by atoms with van der Waals surface area (Å²) in [5.41, 5.74) is 0.442. The van der Waals surface area contributed by atoms with Gasteiger partial charge in [-0.1, -0.05) is 47.6 Å². The Kier molecular flexibility index (Phi) is 5.39. The number of nitrogens with zero attached hydrogens (tertiary/aromatic N) is 2. The Morgan fingerprint density at radius 2 is 1.78 bits per heavy atom. The monoisotopic (exact) mass is 377 g/mol. The Bertz CT molecular complexity index is 893. The zero-order valence-electron chi connectivity index (χ0n) is 13.9. The molecule has 0 saturated carbocycles. The first kappa shape index (κ1) is 18.4. The molecule has 2 aromatic carbocycles. The number of aromatic nitrogens is 2. The number of hydrogen-bond donors (Lipinski definition) is 1. The van der Waals surface area contributed by atoms with Crippen LogP contribution in [0.4, 0.5) is 18.0 Å². The van der Waals surface area contributed by atoms with Crippen LogP contribution in [0.5, 0.6) is 0 Å². The van der Waals surface area contributed by atoms with Crippen molar-refractivity contribution < 1.29 is 27.2 Å². The number of rotatable bonds is 5. The van der Waals surface area contributed by atoms with E-state index >= 15 is 0 Å². The maximum atomic E-state index is 12.6. The summed E-state index contributed by atoms with van der Waals surface area (Å²) in [6.07, 6.45) is -5.07. The van der Waals surface area contributed by atoms with E-state index in [4.69, 9.17) is 9.26 Å². The molecule has 0 radical (unpaired) electrons. The minimum absolute atomic E-state index is 0.0682. The van der Waals surface area contributed by atoms with Gasteiger partial charge in [0.1, 0.15) is 13.2 Å². The van der Waals surface area contributed by atoms with E-state index in [1.807, 2.05) is 30.3 Å². The van der Waals surface area contributed by atoms with Gasteiger partial charge in [-0.15, -0.1) is 0 Å². The lowest BCUT2D eigenvalue weighted by Gasteiger charge is -2.05. The molecule has 0 spiro atoms. The largest absolute Gasteiger partial charge is 0.445 e. The van der Waals surface area contributed by atoms with Crippen molar-refractivity contribution >= 4 is 6.09 Å². The first-order chi connectivity index (χ1) is 12.9. The van der Waals surface area contributed by atoms with Crippen molar-refractivity contribution in [1.82, 2.24) is 15.5 Å². The van der Waals surface area contributed by atoms with Gasteiger partial charge in [0.15, 0.2) is 0 Å². The highest BCUT2D eigenvalue weighted by Gasteiger charge is 2.30. The minimum Gasteiger partial charge on any atom is -0.445 e. The molecule has 0 fully saturated rings. The molecule has 3 rings (SSSR count). The van der Waals surface area contributed by atoms with Gasteiger partial charge in [-0.3, -0.25) is 0 Å². The summed E-state index contributed by atoms with van der Waals surface area (Å²) in [5, 5.41) is 6.15. The molecule has 9 heteroatoms. The minimum atomic E-state index is -4.41. The van der Waals surface area contributed by atoms with Gasteiger partial charge < -0.3 is 14.6 Å². The van der Waals surface area contributed by atoms with Gasteiger partial charge >= 0.3 is 12.3 Å². The summed E-state index contributed by atoms with van der Waals surface area (Å²) in [6, 6.07) is 13.5. The zero-order valence-corrected chi connectivity index (χ0v) is 13.9. The average molecular weight is 377 g/mol. The summed E-state index contributed by atoms with van der Waals surface area (Å²) in [5.74, 6) is 0.222. The highest BCUT2D eigenvalue weighted by atomic mass is 19.4. The van der Waals surface area contributed by atoms with E-state index in [9.17, 15) is 18.0 Å². The Morgan fingerprint density at radius 3 is 2.44 bits per heavy atom. The van der Waals surface area contributed by atoms with Crippen LogP contribution < -0.4 is 5.32 Å². The van der Waals surface area contributed by atoms with Crippen LogP contribution in [0.3, 0.4) is 0 Å². The molecule has 0 bridgehead atoms. The van der Waals surface area contributed by atoms with Crippen LogP contribution in [0, 0.1) is 0 Å². The van der Waals surface area contributed by atoms with Crippen molar-refractivity contribution in [3.05, 3.63) is 71.6 Å². The van der Waals surface area contributed by atoms with E-state index in [-0.39, 0.29) is 24.9 Å². The van der Waals surface area contributed by atoms with Crippen LogP contribution in [0.1, 0.15) is 17.0 Å². The second-order valence-corrected chi connectivity index (χ2v) is 5.50. The summed E-state index contributed by atoms with van der Waals surface area (Å²) in [4.78, 5) is 15.7. The molecule has 6 nitrogen and oxygen atoms in total. The van der Waals surface area contributed by atoms with Gasteiger partial charge in [-0.2, -0.15) is 18.2 Å². The predicted octanol–water partition coefficient (Wildman–Crippen LogP) is 4.18. The van der Waals surface area contributed by atoms with Crippen LogP contribution in [0.2, 0.25) is 0 Å². The van der Waals surface area contributed by atoms with Crippen molar-refractivity contribution in [2.24, 2.45) is 0 Å². The number of carbonyl (C=O) groups excluding carboxylic acids is 1. The lowest BCUT2D eigenvalue weighted by molar-refractivity contribution is -0.137. The van der Waals surface area contributed by atoms with Crippen LogP contribution in [-0.2, 0) is 24.1 Å². The van der Waals surface area contributed by atoms with Crippen LogP contribution in [-0.4, -0.2) is 16.2 Å². The SMILES string of the molecule is O=C(NCc1nc(-c2ccc(C(F)(F)F)cc2)no1)OCc1ccccc1. The lowest BCUT2D eigenvalue weighted by Crippen LogP contribution is -2.23. The van der Waals surface area contributed by atoms with Crippen molar-refractivity contribution in [1.29, 1.82) is 0 Å². The number of hydrogen-bond acceptors (Lipinski definition) is 5. The molecule has 3 aromatic rings. The third-order valence-electron chi connectivity index (χ3n) is 3.54. The molecule has 1 N–H and O–H groups in total. The summed E-state index contributed by atoms with van der Waals surface area (Å²) >= 11 is 0. The van der Waals surface area contributed by atoms with Crippen molar-refractivity contribution in [3.63, 3.8) is 0 Å². The predicted molar refractivity (Wildman–Crippen MR) is 88.2 cm³/mol. The molecule has 0 aliphatic carbocycles. The highest BCUT2D eigenvalue weighted by molar-refractivity contribution is 5.67. The quantitative estimate of drug-likeness (QED) is 0.722. The topological polar surface area (TPSA) is 77.3 Å². The van der Waals surface area contributed by atoms with E-state index in [0.717, 1.165) is 17.7 Å². The van der Waals surface area contributed by atoms with Crippen LogP contribution in [0.15, 0.2) is 59.1 Å². The molecule has 1 heterocycles. The first-order valence-electron chi connectivity index (χ1n) is 7.86. The molecular weight excluding hydrogens is 363 g/mol. The maximum absolute atomic E-state index is 12.6. The van der Waals surface area contributed by atoms with E-state index in [0.29, 0.717) is 5.56 Å². The fourth-order valence-electron chi connectivity index (χ4n) is 2.17. The zero-order chi connectivity index (χ0) is 19.3.